The Labute approximate surface area is 157 Å². The summed E-state index contributed by atoms with van der Waals surface area (Å²) >= 11 is 0. The number of ketones is 1. The van der Waals surface area contributed by atoms with Gasteiger partial charge in [0.1, 0.15) is 17.3 Å². The Kier molecular flexibility index (Phi) is 5.44. The lowest BCUT2D eigenvalue weighted by Gasteiger charge is -2.17. The second kappa shape index (κ2) is 7.78. The number of Topliss-reactive ketones (excluding diaryl/α,β-unsaturated/α-hetero) is 1. The van der Waals surface area contributed by atoms with Crippen LogP contribution in [0.25, 0.3) is 0 Å². The summed E-state index contributed by atoms with van der Waals surface area (Å²) in [7, 11) is 1.59. The Hall–Kier alpha value is -2.89. The van der Waals surface area contributed by atoms with E-state index in [9.17, 15) is 14.0 Å². The van der Waals surface area contributed by atoms with Crippen LogP contribution in [0.2, 0.25) is 0 Å². The van der Waals surface area contributed by atoms with Gasteiger partial charge in [0.25, 0.3) is 5.91 Å². The summed E-state index contributed by atoms with van der Waals surface area (Å²) in [6.45, 7) is 3.75. The fraction of sp³-hybridized carbons (Fsp3) is 0.333. The van der Waals surface area contributed by atoms with E-state index < -0.39 is 11.9 Å². The molecule has 0 aliphatic heterocycles. The molecule has 1 N–H and O–H groups in total. The molecule has 2 aromatic rings. The van der Waals surface area contributed by atoms with E-state index in [1.54, 1.807) is 14.0 Å². The van der Waals surface area contributed by atoms with Gasteiger partial charge in [0.2, 0.25) is 0 Å². The van der Waals surface area contributed by atoms with E-state index in [0.717, 1.165) is 11.3 Å². The van der Waals surface area contributed by atoms with Crippen molar-refractivity contribution in [3.05, 3.63) is 58.9 Å². The predicted octanol–water partition coefficient (Wildman–Crippen LogP) is 3.61. The molecule has 0 heterocycles. The summed E-state index contributed by atoms with van der Waals surface area (Å²) in [5, 5.41) is 2.79. The normalized spacial score (nSPS) is 16.6. The van der Waals surface area contributed by atoms with Crippen LogP contribution in [0, 0.1) is 5.82 Å². The highest BCUT2D eigenvalue weighted by molar-refractivity contribution is 6.03. The molecule has 0 aromatic heterocycles. The SMILES string of the molecule is COc1ccc(CNC(=O)C(C)Oc2ccc(F)c3c2C(=O)CC3C)cc1. The van der Waals surface area contributed by atoms with Crippen molar-refractivity contribution >= 4 is 11.7 Å². The molecule has 1 aliphatic carbocycles. The van der Waals surface area contributed by atoms with Crippen LogP contribution in [0.5, 0.6) is 11.5 Å². The number of carbonyl (C=O) groups excluding carboxylic acids is 2. The summed E-state index contributed by atoms with van der Waals surface area (Å²) < 4.78 is 24.9. The largest absolute Gasteiger partial charge is 0.497 e. The van der Waals surface area contributed by atoms with Crippen LogP contribution < -0.4 is 14.8 Å². The predicted molar refractivity (Wildman–Crippen MR) is 98.7 cm³/mol. The highest BCUT2D eigenvalue weighted by Gasteiger charge is 2.33. The average molecular weight is 371 g/mol. The molecule has 0 radical (unpaired) electrons. The van der Waals surface area contributed by atoms with E-state index in [2.05, 4.69) is 5.32 Å². The van der Waals surface area contributed by atoms with Crippen molar-refractivity contribution in [3.63, 3.8) is 0 Å². The second-order valence-electron chi connectivity index (χ2n) is 6.69. The van der Waals surface area contributed by atoms with Crippen LogP contribution >= 0.6 is 0 Å². The van der Waals surface area contributed by atoms with Gasteiger partial charge in [0.15, 0.2) is 11.9 Å². The number of halogens is 1. The van der Waals surface area contributed by atoms with Gasteiger partial charge in [0.05, 0.1) is 12.7 Å². The standard InChI is InChI=1S/C21H22FNO4/c1-12-10-17(24)20-18(9-8-16(22)19(12)20)27-13(2)21(25)23-11-14-4-6-15(26-3)7-5-14/h4-9,12-13H,10-11H2,1-3H3,(H,23,25). The first-order chi connectivity index (χ1) is 12.9. The number of amides is 1. The lowest BCUT2D eigenvalue weighted by molar-refractivity contribution is -0.127. The summed E-state index contributed by atoms with van der Waals surface area (Å²) in [5.41, 5.74) is 1.56. The lowest BCUT2D eigenvalue weighted by atomic mass is 10.0. The first-order valence-corrected chi connectivity index (χ1v) is 8.83. The fourth-order valence-corrected chi connectivity index (χ4v) is 3.24. The molecule has 0 bridgehead atoms. The Morgan fingerprint density at radius 2 is 1.96 bits per heavy atom. The van der Waals surface area contributed by atoms with Gasteiger partial charge >= 0.3 is 0 Å². The van der Waals surface area contributed by atoms with Crippen molar-refractivity contribution in [2.24, 2.45) is 0 Å². The molecular weight excluding hydrogens is 349 g/mol. The molecule has 0 saturated heterocycles. The van der Waals surface area contributed by atoms with Crippen molar-refractivity contribution < 1.29 is 23.5 Å². The van der Waals surface area contributed by atoms with Crippen LogP contribution in [-0.2, 0) is 11.3 Å². The summed E-state index contributed by atoms with van der Waals surface area (Å²) in [5.74, 6) is -0.0681. The number of ether oxygens (including phenoxy) is 2. The molecular formula is C21H22FNO4. The highest BCUT2D eigenvalue weighted by Crippen LogP contribution is 2.40. The van der Waals surface area contributed by atoms with E-state index in [1.807, 2.05) is 31.2 Å². The number of hydrogen-bond donors (Lipinski definition) is 1. The number of rotatable bonds is 6. The Morgan fingerprint density at radius 3 is 2.63 bits per heavy atom. The monoisotopic (exact) mass is 371 g/mol. The second-order valence-corrected chi connectivity index (χ2v) is 6.69. The lowest BCUT2D eigenvalue weighted by Crippen LogP contribution is -2.36. The van der Waals surface area contributed by atoms with Crippen LogP contribution in [0.4, 0.5) is 4.39 Å². The van der Waals surface area contributed by atoms with E-state index in [0.29, 0.717) is 12.1 Å². The van der Waals surface area contributed by atoms with Gasteiger partial charge in [-0.1, -0.05) is 19.1 Å². The molecule has 6 heteroatoms. The first kappa shape index (κ1) is 18.9. The molecule has 2 atom stereocenters. The summed E-state index contributed by atoms with van der Waals surface area (Å²) in [6.07, 6.45) is -0.563. The molecule has 1 aliphatic rings. The molecule has 0 spiro atoms. The number of carbonyl (C=O) groups is 2. The minimum Gasteiger partial charge on any atom is -0.497 e. The van der Waals surface area contributed by atoms with Crippen LogP contribution in [0.1, 0.15) is 47.7 Å². The minimum atomic E-state index is -0.818. The summed E-state index contributed by atoms with van der Waals surface area (Å²) in [6, 6.07) is 10.0. The molecule has 0 saturated carbocycles. The van der Waals surface area contributed by atoms with Gasteiger partial charge in [-0.15, -0.1) is 0 Å². The Morgan fingerprint density at radius 1 is 1.26 bits per heavy atom. The number of hydrogen-bond acceptors (Lipinski definition) is 4. The van der Waals surface area contributed by atoms with Crippen molar-refractivity contribution in [2.75, 3.05) is 7.11 Å². The first-order valence-electron chi connectivity index (χ1n) is 8.83. The van der Waals surface area contributed by atoms with Gasteiger partial charge in [-0.3, -0.25) is 9.59 Å². The molecule has 27 heavy (non-hydrogen) atoms. The minimum absolute atomic E-state index is 0.155. The molecule has 0 fully saturated rings. The third kappa shape index (κ3) is 3.94. The van der Waals surface area contributed by atoms with Crippen LogP contribution in [0.15, 0.2) is 36.4 Å². The zero-order valence-electron chi connectivity index (χ0n) is 15.5. The van der Waals surface area contributed by atoms with E-state index >= 15 is 0 Å². The maximum atomic E-state index is 14.1. The van der Waals surface area contributed by atoms with Crippen molar-refractivity contribution in [1.82, 2.24) is 5.32 Å². The summed E-state index contributed by atoms with van der Waals surface area (Å²) in [4.78, 5) is 24.5. The quantitative estimate of drug-likeness (QED) is 0.843. The van der Waals surface area contributed by atoms with Crippen LogP contribution in [-0.4, -0.2) is 24.9 Å². The zero-order chi connectivity index (χ0) is 19.6. The third-order valence-corrected chi connectivity index (χ3v) is 4.72. The van der Waals surface area contributed by atoms with E-state index in [-0.39, 0.29) is 35.3 Å². The maximum absolute atomic E-state index is 14.1. The number of nitrogens with one attached hydrogen (secondary N) is 1. The van der Waals surface area contributed by atoms with Gasteiger partial charge in [0, 0.05) is 18.5 Å². The van der Waals surface area contributed by atoms with Crippen molar-refractivity contribution in [2.45, 2.75) is 38.8 Å². The van der Waals surface area contributed by atoms with Gasteiger partial charge < -0.3 is 14.8 Å². The molecule has 1 amide bonds. The fourth-order valence-electron chi connectivity index (χ4n) is 3.24. The van der Waals surface area contributed by atoms with E-state index in [1.165, 1.54) is 12.1 Å². The molecule has 142 valence electrons. The van der Waals surface area contributed by atoms with Crippen molar-refractivity contribution in [1.29, 1.82) is 0 Å². The van der Waals surface area contributed by atoms with Crippen LogP contribution in [0.3, 0.4) is 0 Å². The zero-order valence-corrected chi connectivity index (χ0v) is 15.5. The Bertz CT molecular complexity index is 863. The highest BCUT2D eigenvalue weighted by atomic mass is 19.1. The molecule has 2 aromatic carbocycles. The van der Waals surface area contributed by atoms with Gasteiger partial charge in [-0.25, -0.2) is 4.39 Å². The number of benzene rings is 2. The van der Waals surface area contributed by atoms with Gasteiger partial charge in [-0.2, -0.15) is 0 Å². The third-order valence-electron chi connectivity index (χ3n) is 4.72. The smallest absolute Gasteiger partial charge is 0.261 e. The number of fused-ring (bicyclic) bond motifs is 1. The maximum Gasteiger partial charge on any atom is 0.261 e. The number of methoxy groups -OCH3 is 1. The molecule has 2 unspecified atom stereocenters. The molecule has 3 rings (SSSR count). The molecule has 5 nitrogen and oxygen atoms in total. The van der Waals surface area contributed by atoms with Crippen molar-refractivity contribution in [3.8, 4) is 11.5 Å². The van der Waals surface area contributed by atoms with E-state index in [4.69, 9.17) is 9.47 Å². The Balaban J connectivity index is 1.66. The topological polar surface area (TPSA) is 64.6 Å². The average Bonchev–Trinajstić information content (AvgIpc) is 2.97. The van der Waals surface area contributed by atoms with Gasteiger partial charge in [-0.05, 0) is 42.7 Å².